The molecular formula is C23H22N2O5S2. The Hall–Kier alpha value is -3.01. The summed E-state index contributed by atoms with van der Waals surface area (Å²) in [6, 6.07) is 19.5. The van der Waals surface area contributed by atoms with Crippen molar-refractivity contribution in [1.82, 2.24) is 4.31 Å². The van der Waals surface area contributed by atoms with Gasteiger partial charge in [0.05, 0.1) is 15.5 Å². The van der Waals surface area contributed by atoms with Crippen molar-refractivity contribution in [1.29, 1.82) is 0 Å². The summed E-state index contributed by atoms with van der Waals surface area (Å²) in [4.78, 5) is 12.7. The second-order valence-electron chi connectivity index (χ2n) is 7.60. The molecule has 0 bridgehead atoms. The predicted molar refractivity (Wildman–Crippen MR) is 122 cm³/mol. The number of nitrogens with one attached hydrogen (secondary N) is 1. The molecule has 4 rings (SSSR count). The number of fused-ring (bicyclic) bond motifs is 1. The van der Waals surface area contributed by atoms with Gasteiger partial charge in [-0.2, -0.15) is 4.31 Å². The Labute approximate surface area is 187 Å². The Morgan fingerprint density at radius 2 is 1.47 bits per heavy atom. The topological polar surface area (TPSA) is 101 Å². The van der Waals surface area contributed by atoms with Gasteiger partial charge in [-0.15, -0.1) is 0 Å². The summed E-state index contributed by atoms with van der Waals surface area (Å²) in [5.74, 6) is -0.531. The number of carbonyl (C=O) groups is 1. The first-order valence-electron chi connectivity index (χ1n) is 9.94. The maximum atomic E-state index is 13.1. The van der Waals surface area contributed by atoms with Crippen molar-refractivity contribution in [3.8, 4) is 0 Å². The van der Waals surface area contributed by atoms with Gasteiger partial charge in [0.25, 0.3) is 5.91 Å². The Kier molecular flexibility index (Phi) is 5.89. The van der Waals surface area contributed by atoms with Crippen LogP contribution in [0.25, 0.3) is 0 Å². The van der Waals surface area contributed by atoms with Crippen LogP contribution in [0.2, 0.25) is 0 Å². The third-order valence-electron chi connectivity index (χ3n) is 5.38. The molecule has 0 unspecified atom stereocenters. The molecule has 1 aliphatic heterocycles. The van der Waals surface area contributed by atoms with Gasteiger partial charge in [0.1, 0.15) is 0 Å². The quantitative estimate of drug-likeness (QED) is 0.618. The maximum absolute atomic E-state index is 13.1. The highest BCUT2D eigenvalue weighted by Crippen LogP contribution is 2.26. The number of hydrogen-bond donors (Lipinski definition) is 1. The van der Waals surface area contributed by atoms with E-state index in [4.69, 9.17) is 0 Å². The van der Waals surface area contributed by atoms with Crippen molar-refractivity contribution in [3.05, 3.63) is 89.5 Å². The van der Waals surface area contributed by atoms with Crippen molar-refractivity contribution in [2.75, 3.05) is 18.1 Å². The molecule has 1 aliphatic rings. The SMILES string of the molecule is CS(=O)(=O)c1ccccc1NC(=O)c1ccc(S(=O)(=O)N2CCc3ccccc3C2)cc1. The summed E-state index contributed by atoms with van der Waals surface area (Å²) >= 11 is 0. The van der Waals surface area contributed by atoms with Crippen LogP contribution in [-0.2, 0) is 32.8 Å². The van der Waals surface area contributed by atoms with Gasteiger partial charge >= 0.3 is 0 Å². The van der Waals surface area contributed by atoms with E-state index < -0.39 is 25.8 Å². The molecule has 0 radical (unpaired) electrons. The van der Waals surface area contributed by atoms with Crippen LogP contribution in [0.15, 0.2) is 82.6 Å². The molecule has 1 heterocycles. The molecule has 3 aromatic rings. The fraction of sp³-hybridized carbons (Fsp3) is 0.174. The van der Waals surface area contributed by atoms with Gasteiger partial charge in [0.15, 0.2) is 9.84 Å². The fourth-order valence-electron chi connectivity index (χ4n) is 3.69. The smallest absolute Gasteiger partial charge is 0.255 e. The first kappa shape index (κ1) is 22.2. The Bertz CT molecular complexity index is 1380. The van der Waals surface area contributed by atoms with Crippen LogP contribution in [0.1, 0.15) is 21.5 Å². The van der Waals surface area contributed by atoms with Crippen LogP contribution < -0.4 is 5.32 Å². The number of rotatable bonds is 5. The zero-order valence-electron chi connectivity index (χ0n) is 17.4. The van der Waals surface area contributed by atoms with Crippen LogP contribution in [0.4, 0.5) is 5.69 Å². The van der Waals surface area contributed by atoms with Gasteiger partial charge in [-0.25, -0.2) is 16.8 Å². The number of anilines is 1. The number of amides is 1. The van der Waals surface area contributed by atoms with E-state index in [2.05, 4.69) is 5.32 Å². The lowest BCUT2D eigenvalue weighted by atomic mass is 10.0. The lowest BCUT2D eigenvalue weighted by Crippen LogP contribution is -2.35. The van der Waals surface area contributed by atoms with E-state index in [9.17, 15) is 21.6 Å². The van der Waals surface area contributed by atoms with E-state index in [1.54, 1.807) is 12.1 Å². The standard InChI is InChI=1S/C23H22N2O5S2/c1-31(27,28)22-9-5-4-8-21(22)24-23(26)18-10-12-20(13-11-18)32(29,30)25-15-14-17-6-2-3-7-19(17)16-25/h2-13H,14-16H2,1H3,(H,24,26). The first-order chi connectivity index (χ1) is 15.2. The summed E-state index contributed by atoms with van der Waals surface area (Å²) in [5, 5.41) is 2.59. The first-order valence-corrected chi connectivity index (χ1v) is 13.3. The molecule has 1 N–H and O–H groups in total. The van der Waals surface area contributed by atoms with Gasteiger partial charge < -0.3 is 5.32 Å². The highest BCUT2D eigenvalue weighted by molar-refractivity contribution is 7.91. The van der Waals surface area contributed by atoms with Crippen molar-refractivity contribution >= 4 is 31.5 Å². The average molecular weight is 471 g/mol. The zero-order valence-corrected chi connectivity index (χ0v) is 19.0. The number of benzene rings is 3. The van der Waals surface area contributed by atoms with E-state index in [0.717, 1.165) is 17.4 Å². The molecule has 7 nitrogen and oxygen atoms in total. The lowest BCUT2D eigenvalue weighted by molar-refractivity contribution is 0.102. The molecular weight excluding hydrogens is 448 g/mol. The van der Waals surface area contributed by atoms with E-state index in [-0.39, 0.29) is 21.0 Å². The molecule has 0 saturated heterocycles. The molecule has 32 heavy (non-hydrogen) atoms. The maximum Gasteiger partial charge on any atom is 0.255 e. The molecule has 0 saturated carbocycles. The van der Waals surface area contributed by atoms with Gasteiger partial charge in [-0.3, -0.25) is 4.79 Å². The Balaban J connectivity index is 1.53. The van der Waals surface area contributed by atoms with Gasteiger partial charge in [-0.05, 0) is 53.9 Å². The number of hydrogen-bond acceptors (Lipinski definition) is 5. The predicted octanol–water partition coefficient (Wildman–Crippen LogP) is 3.09. The van der Waals surface area contributed by atoms with Crippen molar-refractivity contribution in [2.45, 2.75) is 22.8 Å². The highest BCUT2D eigenvalue weighted by Gasteiger charge is 2.28. The minimum absolute atomic E-state index is 0.0120. The lowest BCUT2D eigenvalue weighted by Gasteiger charge is -2.28. The molecule has 9 heteroatoms. The number of carbonyl (C=O) groups excluding carboxylic acids is 1. The summed E-state index contributed by atoms with van der Waals surface area (Å²) in [6.45, 7) is 0.701. The second kappa shape index (κ2) is 8.50. The normalized spacial score (nSPS) is 14.5. The minimum atomic E-state index is -3.71. The van der Waals surface area contributed by atoms with E-state index in [1.165, 1.54) is 40.7 Å². The molecule has 1 amide bonds. The number of nitrogens with zero attached hydrogens (tertiary/aromatic N) is 1. The van der Waals surface area contributed by atoms with Crippen LogP contribution in [0.3, 0.4) is 0 Å². The largest absolute Gasteiger partial charge is 0.321 e. The van der Waals surface area contributed by atoms with Crippen LogP contribution in [0.5, 0.6) is 0 Å². The van der Waals surface area contributed by atoms with Crippen molar-refractivity contribution in [2.24, 2.45) is 0 Å². The summed E-state index contributed by atoms with van der Waals surface area (Å²) in [5.41, 5.74) is 2.53. The molecule has 0 spiro atoms. The minimum Gasteiger partial charge on any atom is -0.321 e. The molecule has 0 atom stereocenters. The fourth-order valence-corrected chi connectivity index (χ4v) is 5.95. The number of sulfonamides is 1. The van der Waals surface area contributed by atoms with E-state index in [1.807, 2.05) is 24.3 Å². The van der Waals surface area contributed by atoms with Crippen LogP contribution in [0, 0.1) is 0 Å². The molecule has 3 aromatic carbocycles. The van der Waals surface area contributed by atoms with E-state index >= 15 is 0 Å². The summed E-state index contributed by atoms with van der Waals surface area (Å²) in [7, 11) is -7.23. The van der Waals surface area contributed by atoms with Gasteiger partial charge in [0, 0.05) is 24.9 Å². The number of para-hydroxylation sites is 1. The third-order valence-corrected chi connectivity index (χ3v) is 8.40. The monoisotopic (exact) mass is 470 g/mol. The average Bonchev–Trinajstić information content (AvgIpc) is 2.78. The van der Waals surface area contributed by atoms with Crippen molar-refractivity contribution < 1.29 is 21.6 Å². The third kappa shape index (κ3) is 4.45. The second-order valence-corrected chi connectivity index (χ2v) is 11.5. The van der Waals surface area contributed by atoms with E-state index in [0.29, 0.717) is 19.5 Å². The van der Waals surface area contributed by atoms with Crippen LogP contribution in [-0.4, -0.2) is 39.8 Å². The Morgan fingerprint density at radius 3 is 2.16 bits per heavy atom. The van der Waals surface area contributed by atoms with Crippen LogP contribution >= 0.6 is 0 Å². The zero-order chi connectivity index (χ0) is 22.9. The summed E-state index contributed by atoms with van der Waals surface area (Å²) < 4.78 is 51.5. The molecule has 0 aromatic heterocycles. The number of sulfone groups is 1. The van der Waals surface area contributed by atoms with Gasteiger partial charge in [-0.1, -0.05) is 36.4 Å². The van der Waals surface area contributed by atoms with Crippen molar-refractivity contribution in [3.63, 3.8) is 0 Å². The Morgan fingerprint density at radius 1 is 0.844 bits per heavy atom. The molecule has 166 valence electrons. The molecule has 0 fully saturated rings. The molecule has 0 aliphatic carbocycles. The summed E-state index contributed by atoms with van der Waals surface area (Å²) in [6.07, 6.45) is 1.71. The highest BCUT2D eigenvalue weighted by atomic mass is 32.2. The van der Waals surface area contributed by atoms with Gasteiger partial charge in [0.2, 0.25) is 10.0 Å².